The van der Waals surface area contributed by atoms with E-state index in [-0.39, 0.29) is 49.6 Å². The first-order chi connectivity index (χ1) is 25.8. The number of hydrogen-bond donors (Lipinski definition) is 0. The van der Waals surface area contributed by atoms with Gasteiger partial charge in [-0.3, -0.25) is 14.4 Å². The number of unbranched alkanes of at least 4 members (excludes halogenated alkanes) is 10. The lowest BCUT2D eigenvalue weighted by Gasteiger charge is -2.37. The highest BCUT2D eigenvalue weighted by Gasteiger charge is 2.33. The van der Waals surface area contributed by atoms with Crippen LogP contribution in [0.15, 0.2) is 24.3 Å². The predicted octanol–water partition coefficient (Wildman–Crippen LogP) is 11.6. The Hall–Kier alpha value is -2.15. The molecule has 0 aliphatic heterocycles. The summed E-state index contributed by atoms with van der Waals surface area (Å²) < 4.78 is 17.0. The van der Waals surface area contributed by atoms with Crippen LogP contribution in [0.1, 0.15) is 181 Å². The molecule has 1 unspecified atom stereocenters. The Balaban J connectivity index is 1.66. The predicted molar refractivity (Wildman–Crippen MR) is 219 cm³/mol. The van der Waals surface area contributed by atoms with E-state index in [0.29, 0.717) is 12.8 Å². The van der Waals surface area contributed by atoms with Gasteiger partial charge >= 0.3 is 17.9 Å². The molecule has 0 spiro atoms. The van der Waals surface area contributed by atoms with E-state index in [2.05, 4.69) is 38.2 Å². The van der Waals surface area contributed by atoms with Crippen molar-refractivity contribution < 1.29 is 28.6 Å². The summed E-state index contributed by atoms with van der Waals surface area (Å²) in [6.45, 7) is 5.60. The smallest absolute Gasteiger partial charge is 0.308 e. The average molecular weight is 744 g/mol. The first-order valence-corrected chi connectivity index (χ1v) is 22.2. The third kappa shape index (κ3) is 24.1. The van der Waals surface area contributed by atoms with Crippen LogP contribution in [0.5, 0.6) is 0 Å². The van der Waals surface area contributed by atoms with Gasteiger partial charge in [0.1, 0.15) is 19.8 Å². The van der Waals surface area contributed by atoms with Crippen molar-refractivity contribution in [3.8, 4) is 0 Å². The number of hydrogen-bond acceptors (Lipinski definition) is 7. The second-order valence-electron chi connectivity index (χ2n) is 16.6. The Morgan fingerprint density at radius 1 is 0.585 bits per heavy atom. The molecule has 0 bridgehead atoms. The maximum atomic E-state index is 13.2. The number of esters is 3. The molecule has 7 nitrogen and oxygen atoms in total. The van der Waals surface area contributed by atoms with Crippen molar-refractivity contribution in [1.29, 1.82) is 0 Å². The van der Waals surface area contributed by atoms with Gasteiger partial charge in [0.2, 0.25) is 0 Å². The standard InChI is InChI=1S/C46H81NO6/c1-5-7-9-10-11-12-13-14-15-16-17-18-19-20-22-25-44(48)51-36-40(37-52-45(49)26-23-35-47(3)4)38-53-46(50)43-33-31-42(32-34-43)41-29-27-39(28-30-41)24-21-8-6-2/h11-12,14-15,39-43H,5-10,13,16-38H2,1-4H3/b12-11-,15-14-/t39-,40?,41-,42-,43-. The van der Waals surface area contributed by atoms with Gasteiger partial charge in [0.15, 0.2) is 0 Å². The van der Waals surface area contributed by atoms with Crippen molar-refractivity contribution in [1.82, 2.24) is 4.90 Å². The zero-order chi connectivity index (χ0) is 38.4. The molecule has 2 rings (SSSR count). The molecular weight excluding hydrogens is 663 g/mol. The highest BCUT2D eigenvalue weighted by atomic mass is 16.6. The summed E-state index contributed by atoms with van der Waals surface area (Å²) in [5, 5.41) is 0. The minimum Gasteiger partial charge on any atom is -0.465 e. The van der Waals surface area contributed by atoms with Crippen LogP contribution in [0.3, 0.4) is 0 Å². The fourth-order valence-corrected chi connectivity index (χ4v) is 8.11. The quantitative estimate of drug-likeness (QED) is 0.0313. The molecule has 53 heavy (non-hydrogen) atoms. The fourth-order valence-electron chi connectivity index (χ4n) is 8.11. The number of nitrogens with zero attached hydrogens (tertiary/aromatic N) is 1. The van der Waals surface area contributed by atoms with Crippen LogP contribution in [-0.4, -0.2) is 63.3 Å². The molecule has 0 aromatic heterocycles. The number of carbonyl (C=O) groups is 3. The summed E-state index contributed by atoms with van der Waals surface area (Å²) in [7, 11) is 3.96. The van der Waals surface area contributed by atoms with Gasteiger partial charge < -0.3 is 19.1 Å². The van der Waals surface area contributed by atoms with Crippen LogP contribution < -0.4 is 0 Å². The van der Waals surface area contributed by atoms with Crippen LogP contribution >= 0.6 is 0 Å². The highest BCUT2D eigenvalue weighted by molar-refractivity contribution is 5.72. The van der Waals surface area contributed by atoms with Gasteiger partial charge in [0.05, 0.1) is 11.8 Å². The van der Waals surface area contributed by atoms with Gasteiger partial charge in [-0.05, 0) is 122 Å². The van der Waals surface area contributed by atoms with E-state index in [4.69, 9.17) is 14.2 Å². The molecule has 2 fully saturated rings. The van der Waals surface area contributed by atoms with Crippen LogP contribution in [0.4, 0.5) is 0 Å². The lowest BCUT2D eigenvalue weighted by atomic mass is 9.68. The van der Waals surface area contributed by atoms with E-state index in [1.54, 1.807) is 0 Å². The summed E-state index contributed by atoms with van der Waals surface area (Å²) in [5.41, 5.74) is 0. The van der Waals surface area contributed by atoms with Crippen molar-refractivity contribution in [3.63, 3.8) is 0 Å². The molecule has 0 amide bonds. The van der Waals surface area contributed by atoms with Crippen LogP contribution in [0, 0.1) is 29.6 Å². The van der Waals surface area contributed by atoms with Crippen molar-refractivity contribution in [3.05, 3.63) is 24.3 Å². The minimum atomic E-state index is -0.367. The van der Waals surface area contributed by atoms with Crippen LogP contribution in [-0.2, 0) is 28.6 Å². The minimum absolute atomic E-state index is 0.0632. The number of carbonyl (C=O) groups excluding carboxylic acids is 3. The molecule has 0 aromatic carbocycles. The van der Waals surface area contributed by atoms with E-state index in [0.717, 1.165) is 88.5 Å². The topological polar surface area (TPSA) is 82.1 Å². The molecule has 0 radical (unpaired) electrons. The summed E-state index contributed by atoms with van der Waals surface area (Å²) in [5.74, 6) is 1.41. The lowest BCUT2D eigenvalue weighted by Crippen LogP contribution is -2.31. The molecule has 0 N–H and O–H groups in total. The maximum Gasteiger partial charge on any atom is 0.308 e. The van der Waals surface area contributed by atoms with E-state index < -0.39 is 0 Å². The summed E-state index contributed by atoms with van der Waals surface area (Å²) >= 11 is 0. The third-order valence-electron chi connectivity index (χ3n) is 11.6. The van der Waals surface area contributed by atoms with E-state index >= 15 is 0 Å². The lowest BCUT2D eigenvalue weighted by molar-refractivity contribution is -0.156. The van der Waals surface area contributed by atoms with Crippen molar-refractivity contribution >= 4 is 17.9 Å². The summed E-state index contributed by atoms with van der Waals surface area (Å²) in [6, 6.07) is 0. The third-order valence-corrected chi connectivity index (χ3v) is 11.6. The Bertz CT molecular complexity index is 992. The number of ether oxygens (including phenoxy) is 3. The van der Waals surface area contributed by atoms with Gasteiger partial charge in [0.25, 0.3) is 0 Å². The monoisotopic (exact) mass is 744 g/mol. The van der Waals surface area contributed by atoms with E-state index in [1.807, 2.05) is 19.0 Å². The Kier molecular flexibility index (Phi) is 27.6. The van der Waals surface area contributed by atoms with Gasteiger partial charge in [0, 0.05) is 12.8 Å². The SMILES string of the molecule is CCCCC/C=C\C/C=C\CCCCCCCC(=O)OCC(COC(=O)CCCN(C)C)COC(=O)[C@H]1CC[C@H]([C@H]2CC[C@H](CCCCC)CC2)CC1. The summed E-state index contributed by atoms with van der Waals surface area (Å²) in [6.07, 6.45) is 38.0. The molecule has 0 heterocycles. The largest absolute Gasteiger partial charge is 0.465 e. The first kappa shape index (κ1) is 47.0. The van der Waals surface area contributed by atoms with Gasteiger partial charge in [-0.2, -0.15) is 0 Å². The molecule has 306 valence electrons. The molecule has 0 aromatic rings. The van der Waals surface area contributed by atoms with E-state index in [1.165, 1.54) is 89.9 Å². The summed E-state index contributed by atoms with van der Waals surface area (Å²) in [4.78, 5) is 40.2. The molecular formula is C46H81NO6. The maximum absolute atomic E-state index is 13.2. The average Bonchev–Trinajstić information content (AvgIpc) is 3.16. The van der Waals surface area contributed by atoms with Crippen molar-refractivity contribution in [2.75, 3.05) is 40.5 Å². The van der Waals surface area contributed by atoms with Gasteiger partial charge in [-0.25, -0.2) is 0 Å². The first-order valence-electron chi connectivity index (χ1n) is 22.2. The fraction of sp³-hybridized carbons (Fsp3) is 0.848. The number of allylic oxidation sites excluding steroid dienone is 4. The zero-order valence-electron chi connectivity index (χ0n) is 34.8. The van der Waals surface area contributed by atoms with Crippen LogP contribution in [0.2, 0.25) is 0 Å². The molecule has 2 aliphatic rings. The second kappa shape index (κ2) is 31.1. The van der Waals surface area contributed by atoms with Crippen LogP contribution in [0.25, 0.3) is 0 Å². The molecule has 7 heteroatoms. The van der Waals surface area contributed by atoms with Gasteiger partial charge in [-0.1, -0.05) is 109 Å². The second-order valence-corrected chi connectivity index (χ2v) is 16.6. The van der Waals surface area contributed by atoms with Gasteiger partial charge in [-0.15, -0.1) is 0 Å². The Morgan fingerprint density at radius 2 is 1.09 bits per heavy atom. The molecule has 0 saturated heterocycles. The molecule has 1 atom stereocenters. The molecule has 2 saturated carbocycles. The Morgan fingerprint density at radius 3 is 1.70 bits per heavy atom. The van der Waals surface area contributed by atoms with Crippen molar-refractivity contribution in [2.24, 2.45) is 29.6 Å². The highest BCUT2D eigenvalue weighted by Crippen LogP contribution is 2.42. The molecule has 2 aliphatic carbocycles. The number of rotatable bonds is 30. The van der Waals surface area contributed by atoms with E-state index in [9.17, 15) is 14.4 Å². The zero-order valence-corrected chi connectivity index (χ0v) is 34.8. The normalized spacial score (nSPS) is 21.3. The van der Waals surface area contributed by atoms with Crippen molar-refractivity contribution in [2.45, 2.75) is 181 Å². The Labute approximate surface area is 325 Å².